The van der Waals surface area contributed by atoms with E-state index < -0.39 is 18.0 Å². The van der Waals surface area contributed by atoms with Crippen LogP contribution in [0.4, 0.5) is 0 Å². The Balaban J connectivity index is 0.00000118. The number of hydrogen-bond acceptors (Lipinski definition) is 8. The highest BCUT2D eigenvalue weighted by atomic mass is 16.6. The third-order valence-electron chi connectivity index (χ3n) is 3.69. The van der Waals surface area contributed by atoms with Gasteiger partial charge < -0.3 is 23.7 Å². The normalized spacial score (nSPS) is 10.4. The number of aldehydes is 1. The quantitative estimate of drug-likeness (QED) is 0.226. The number of hydrogen-bond donors (Lipinski definition) is 0. The largest absolute Gasteiger partial charge is 0.497 e. The number of rotatable bonds is 11. The molecule has 0 bridgehead atoms. The molecule has 8 nitrogen and oxygen atoms in total. The van der Waals surface area contributed by atoms with Gasteiger partial charge >= 0.3 is 11.9 Å². The molecule has 2 rings (SSSR count). The van der Waals surface area contributed by atoms with Crippen LogP contribution in [-0.4, -0.2) is 51.8 Å². The van der Waals surface area contributed by atoms with Crippen molar-refractivity contribution in [3.05, 3.63) is 79.4 Å². The molecule has 0 aliphatic rings. The van der Waals surface area contributed by atoms with Crippen molar-refractivity contribution in [1.29, 1.82) is 0 Å². The van der Waals surface area contributed by atoms with Gasteiger partial charge in [0, 0.05) is 13.2 Å². The minimum Gasteiger partial charge on any atom is -0.497 e. The summed E-state index contributed by atoms with van der Waals surface area (Å²) in [6.45, 7) is 6.75. The van der Waals surface area contributed by atoms with E-state index in [0.717, 1.165) is 6.08 Å². The predicted octanol–water partition coefficient (Wildman–Crippen LogP) is 3.41. The minimum atomic E-state index is -0.574. The average molecular weight is 442 g/mol. The van der Waals surface area contributed by atoms with Gasteiger partial charge in [0.25, 0.3) is 0 Å². The molecule has 0 heterocycles. The number of esters is 2. The fourth-order valence-corrected chi connectivity index (χ4v) is 2.20. The van der Waals surface area contributed by atoms with Crippen LogP contribution in [0.25, 0.3) is 0 Å². The van der Waals surface area contributed by atoms with Crippen molar-refractivity contribution < 1.29 is 38.1 Å². The predicted molar refractivity (Wildman–Crippen MR) is 118 cm³/mol. The van der Waals surface area contributed by atoms with E-state index in [0.29, 0.717) is 29.1 Å². The molecule has 1 unspecified atom stereocenters. The van der Waals surface area contributed by atoms with Crippen molar-refractivity contribution in [3.63, 3.8) is 0 Å². The van der Waals surface area contributed by atoms with Crippen molar-refractivity contribution in [2.45, 2.75) is 6.10 Å². The molecule has 0 aromatic heterocycles. The summed E-state index contributed by atoms with van der Waals surface area (Å²) in [6.07, 6.45) is 2.33. The van der Waals surface area contributed by atoms with Gasteiger partial charge in [0.2, 0.25) is 0 Å². The van der Waals surface area contributed by atoms with Gasteiger partial charge in [-0.2, -0.15) is 0 Å². The van der Waals surface area contributed by atoms with Crippen molar-refractivity contribution in [3.8, 4) is 17.2 Å². The second kappa shape index (κ2) is 15.0. The second-order valence-electron chi connectivity index (χ2n) is 5.99. The van der Waals surface area contributed by atoms with Crippen molar-refractivity contribution in [1.82, 2.24) is 0 Å². The fourth-order valence-electron chi connectivity index (χ4n) is 2.20. The zero-order chi connectivity index (χ0) is 23.8. The highest BCUT2D eigenvalue weighted by Crippen LogP contribution is 2.19. The first-order valence-corrected chi connectivity index (χ1v) is 9.44. The molecular formula is C24H26O8. The summed E-state index contributed by atoms with van der Waals surface area (Å²) < 4.78 is 26.1. The molecule has 2 aromatic rings. The van der Waals surface area contributed by atoms with Crippen LogP contribution < -0.4 is 14.2 Å². The van der Waals surface area contributed by atoms with E-state index in [9.17, 15) is 9.59 Å². The zero-order valence-electron chi connectivity index (χ0n) is 18.0. The van der Waals surface area contributed by atoms with Crippen LogP contribution in [0.5, 0.6) is 17.2 Å². The molecule has 0 spiro atoms. The molecule has 0 saturated heterocycles. The van der Waals surface area contributed by atoms with Crippen LogP contribution in [0, 0.1) is 0 Å². The van der Waals surface area contributed by atoms with Gasteiger partial charge in [-0.1, -0.05) is 13.2 Å². The smallest absolute Gasteiger partial charge is 0.343 e. The lowest BCUT2D eigenvalue weighted by Gasteiger charge is -2.17. The molecule has 0 aliphatic carbocycles. The van der Waals surface area contributed by atoms with E-state index in [1.165, 1.54) is 13.2 Å². The summed E-state index contributed by atoms with van der Waals surface area (Å²) in [6, 6.07) is 13.1. The molecule has 8 heteroatoms. The molecule has 170 valence electrons. The third kappa shape index (κ3) is 9.73. The summed E-state index contributed by atoms with van der Waals surface area (Å²) >= 11 is 0. The molecule has 0 aliphatic heterocycles. The Morgan fingerprint density at radius 3 is 1.97 bits per heavy atom. The maximum Gasteiger partial charge on any atom is 0.343 e. The lowest BCUT2D eigenvalue weighted by atomic mass is 10.2. The molecule has 1 atom stereocenters. The van der Waals surface area contributed by atoms with Crippen LogP contribution in [0.3, 0.4) is 0 Å². The van der Waals surface area contributed by atoms with E-state index in [4.69, 9.17) is 28.5 Å². The van der Waals surface area contributed by atoms with Crippen LogP contribution >= 0.6 is 0 Å². The lowest BCUT2D eigenvalue weighted by molar-refractivity contribution is -0.147. The molecule has 32 heavy (non-hydrogen) atoms. The molecule has 0 fully saturated rings. The van der Waals surface area contributed by atoms with Crippen LogP contribution in [0.2, 0.25) is 0 Å². The standard InChI is InChI=1S/C21H22O7.C3H4O/c1-4-20(22)27-19(13-24-2)14-26-17-7-5-15(6-8-17)21(23)28-18-11-9-16(25-3)10-12-18;1-2-3-4/h4-12,19H,1,13-14H2,2-3H3;2-3H,1H2. The van der Waals surface area contributed by atoms with E-state index in [1.807, 2.05) is 0 Å². The fraction of sp³-hybridized carbons (Fsp3) is 0.208. The summed E-state index contributed by atoms with van der Waals surface area (Å²) in [5, 5.41) is 0. The Bertz CT molecular complexity index is 866. The molecule has 0 N–H and O–H groups in total. The Morgan fingerprint density at radius 1 is 0.906 bits per heavy atom. The minimum absolute atomic E-state index is 0.100. The highest BCUT2D eigenvalue weighted by molar-refractivity contribution is 5.91. The number of carbonyl (C=O) groups is 3. The Labute approximate surface area is 187 Å². The lowest BCUT2D eigenvalue weighted by Crippen LogP contribution is -2.28. The second-order valence-corrected chi connectivity index (χ2v) is 5.99. The zero-order valence-corrected chi connectivity index (χ0v) is 18.0. The van der Waals surface area contributed by atoms with Crippen LogP contribution in [0.15, 0.2) is 73.8 Å². The van der Waals surface area contributed by atoms with Crippen molar-refractivity contribution in [2.24, 2.45) is 0 Å². The highest BCUT2D eigenvalue weighted by Gasteiger charge is 2.14. The monoisotopic (exact) mass is 442 g/mol. The number of carbonyl (C=O) groups excluding carboxylic acids is 3. The topological polar surface area (TPSA) is 97.4 Å². The summed E-state index contributed by atoms with van der Waals surface area (Å²) in [7, 11) is 3.06. The Morgan fingerprint density at radius 2 is 1.47 bits per heavy atom. The maximum atomic E-state index is 12.2. The molecule has 0 amide bonds. The first-order valence-electron chi connectivity index (χ1n) is 9.44. The molecular weight excluding hydrogens is 416 g/mol. The number of methoxy groups -OCH3 is 2. The number of benzene rings is 2. The molecule has 0 saturated carbocycles. The van der Waals surface area contributed by atoms with E-state index >= 15 is 0 Å². The van der Waals surface area contributed by atoms with Gasteiger partial charge in [0.15, 0.2) is 6.10 Å². The van der Waals surface area contributed by atoms with E-state index in [1.54, 1.807) is 55.6 Å². The first-order chi connectivity index (χ1) is 15.5. The Hall–Kier alpha value is -3.91. The summed E-state index contributed by atoms with van der Waals surface area (Å²) in [5.41, 5.74) is 0.370. The van der Waals surface area contributed by atoms with Crippen molar-refractivity contribution >= 4 is 18.2 Å². The SMILES string of the molecule is C=CC(=O)OC(COC)COc1ccc(C(=O)Oc2ccc(OC)cc2)cc1.C=CC=O. The van der Waals surface area contributed by atoms with E-state index in [-0.39, 0.29) is 13.2 Å². The van der Waals surface area contributed by atoms with Gasteiger partial charge in [0.05, 0.1) is 19.3 Å². The Kier molecular flexibility index (Phi) is 12.2. The van der Waals surface area contributed by atoms with E-state index in [2.05, 4.69) is 13.2 Å². The van der Waals surface area contributed by atoms with Gasteiger partial charge in [-0.15, -0.1) is 0 Å². The van der Waals surface area contributed by atoms with Crippen molar-refractivity contribution in [2.75, 3.05) is 27.4 Å². The van der Waals surface area contributed by atoms with Gasteiger partial charge in [-0.3, -0.25) is 4.79 Å². The number of allylic oxidation sites excluding steroid dienone is 1. The van der Waals surface area contributed by atoms with Gasteiger partial charge in [0.1, 0.15) is 30.1 Å². The van der Waals surface area contributed by atoms with Crippen LogP contribution in [0.1, 0.15) is 10.4 Å². The summed E-state index contributed by atoms with van der Waals surface area (Å²) in [5.74, 6) is 0.553. The van der Waals surface area contributed by atoms with Gasteiger partial charge in [-0.05, 0) is 54.6 Å². The maximum absolute atomic E-state index is 12.2. The molecule has 2 aromatic carbocycles. The number of ether oxygens (including phenoxy) is 5. The van der Waals surface area contributed by atoms with Gasteiger partial charge in [-0.25, -0.2) is 9.59 Å². The molecule has 0 radical (unpaired) electrons. The summed E-state index contributed by atoms with van der Waals surface area (Å²) in [4.78, 5) is 32.6. The third-order valence-corrected chi connectivity index (χ3v) is 3.69. The first kappa shape index (κ1) is 26.1. The van der Waals surface area contributed by atoms with Crippen LogP contribution in [-0.2, 0) is 19.1 Å². The average Bonchev–Trinajstić information content (AvgIpc) is 2.83.